The number of aromatic hydroxyl groups is 2. The molecule has 0 radical (unpaired) electrons. The number of amides is 1. The van der Waals surface area contributed by atoms with Gasteiger partial charge in [-0.1, -0.05) is 6.07 Å². The van der Waals surface area contributed by atoms with E-state index in [2.05, 4.69) is 10.5 Å². The van der Waals surface area contributed by atoms with Gasteiger partial charge in [-0.15, -0.1) is 0 Å². The maximum absolute atomic E-state index is 12.0. The van der Waals surface area contributed by atoms with E-state index in [4.69, 9.17) is 0 Å². The molecular formula is C15H13N3O5. The molecular weight excluding hydrogens is 302 g/mol. The first kappa shape index (κ1) is 16.0. The lowest BCUT2D eigenvalue weighted by Gasteiger charge is -2.05. The van der Waals surface area contributed by atoms with Crippen LogP contribution in [-0.4, -0.2) is 26.8 Å². The molecule has 0 bridgehead atoms. The summed E-state index contributed by atoms with van der Waals surface area (Å²) < 4.78 is 0. The summed E-state index contributed by atoms with van der Waals surface area (Å²) >= 11 is 0. The van der Waals surface area contributed by atoms with Crippen molar-refractivity contribution in [1.29, 1.82) is 0 Å². The standard InChI is InChI=1S/C15H13N3O5/c1-9(13-6-5-12(19)8-14(13)20)16-17-15(21)10-3-2-4-11(7-10)18(22)23/h2-8,19-20H,1H3,(H,17,21)/b16-9+. The van der Waals surface area contributed by atoms with Crippen molar-refractivity contribution in [3.8, 4) is 11.5 Å². The molecule has 2 aromatic carbocycles. The molecule has 2 aromatic rings. The Morgan fingerprint density at radius 3 is 2.61 bits per heavy atom. The molecule has 3 N–H and O–H groups in total. The maximum Gasteiger partial charge on any atom is 0.271 e. The third-order valence-corrected chi connectivity index (χ3v) is 3.02. The summed E-state index contributed by atoms with van der Waals surface area (Å²) in [6.07, 6.45) is 0. The van der Waals surface area contributed by atoms with Crippen molar-refractivity contribution in [2.75, 3.05) is 0 Å². The van der Waals surface area contributed by atoms with Crippen molar-refractivity contribution in [3.05, 3.63) is 63.7 Å². The number of nitrogens with one attached hydrogen (secondary N) is 1. The van der Waals surface area contributed by atoms with E-state index >= 15 is 0 Å². The zero-order valence-corrected chi connectivity index (χ0v) is 12.1. The number of hydrogen-bond acceptors (Lipinski definition) is 6. The van der Waals surface area contributed by atoms with Gasteiger partial charge in [0.25, 0.3) is 11.6 Å². The minimum atomic E-state index is -0.619. The van der Waals surface area contributed by atoms with E-state index in [-0.39, 0.29) is 22.7 Å². The number of carbonyl (C=O) groups is 1. The number of non-ortho nitro benzene ring substituents is 1. The summed E-state index contributed by atoms with van der Waals surface area (Å²) in [5.41, 5.74) is 2.79. The van der Waals surface area contributed by atoms with Gasteiger partial charge in [0.1, 0.15) is 11.5 Å². The quantitative estimate of drug-likeness (QED) is 0.453. The van der Waals surface area contributed by atoms with Crippen molar-refractivity contribution in [2.24, 2.45) is 5.10 Å². The van der Waals surface area contributed by atoms with Crippen LogP contribution >= 0.6 is 0 Å². The molecule has 0 aliphatic rings. The van der Waals surface area contributed by atoms with Crippen molar-refractivity contribution < 1.29 is 19.9 Å². The van der Waals surface area contributed by atoms with E-state index in [1.54, 1.807) is 6.92 Å². The van der Waals surface area contributed by atoms with Gasteiger partial charge < -0.3 is 10.2 Å². The zero-order chi connectivity index (χ0) is 17.0. The molecule has 0 saturated carbocycles. The van der Waals surface area contributed by atoms with E-state index < -0.39 is 10.8 Å². The normalized spacial score (nSPS) is 11.1. The molecule has 1 amide bonds. The van der Waals surface area contributed by atoms with Gasteiger partial charge in [-0.3, -0.25) is 14.9 Å². The minimum Gasteiger partial charge on any atom is -0.508 e. The van der Waals surface area contributed by atoms with Crippen LogP contribution in [0.4, 0.5) is 5.69 Å². The summed E-state index contributed by atoms with van der Waals surface area (Å²) in [5.74, 6) is -0.901. The third-order valence-electron chi connectivity index (χ3n) is 3.02. The second-order valence-electron chi connectivity index (χ2n) is 4.65. The Bertz CT molecular complexity index is 801. The highest BCUT2D eigenvalue weighted by Crippen LogP contribution is 2.23. The SMILES string of the molecule is C/C(=N\NC(=O)c1cccc([N+](=O)[O-])c1)c1ccc(O)cc1O. The zero-order valence-electron chi connectivity index (χ0n) is 12.1. The minimum absolute atomic E-state index is 0.0886. The van der Waals surface area contributed by atoms with Crippen LogP contribution in [0.25, 0.3) is 0 Å². The van der Waals surface area contributed by atoms with Gasteiger partial charge in [0.15, 0.2) is 0 Å². The maximum atomic E-state index is 12.0. The fourth-order valence-electron chi connectivity index (χ4n) is 1.85. The van der Waals surface area contributed by atoms with Crippen LogP contribution in [0.1, 0.15) is 22.8 Å². The monoisotopic (exact) mass is 315 g/mol. The third kappa shape index (κ3) is 3.82. The van der Waals surface area contributed by atoms with Gasteiger partial charge in [-0.25, -0.2) is 5.43 Å². The number of carbonyl (C=O) groups excluding carboxylic acids is 1. The summed E-state index contributed by atoms with van der Waals surface area (Å²) in [5, 5.41) is 33.5. The smallest absolute Gasteiger partial charge is 0.271 e. The van der Waals surface area contributed by atoms with Crippen molar-refractivity contribution in [2.45, 2.75) is 6.92 Å². The van der Waals surface area contributed by atoms with Gasteiger partial charge in [0.2, 0.25) is 0 Å². The highest BCUT2D eigenvalue weighted by Gasteiger charge is 2.11. The second-order valence-corrected chi connectivity index (χ2v) is 4.65. The molecule has 0 aromatic heterocycles. The number of nitro groups is 1. The van der Waals surface area contributed by atoms with Crippen molar-refractivity contribution in [1.82, 2.24) is 5.43 Å². The number of nitrogens with zero attached hydrogens (tertiary/aromatic N) is 2. The van der Waals surface area contributed by atoms with Crippen LogP contribution in [0.2, 0.25) is 0 Å². The van der Waals surface area contributed by atoms with Crippen LogP contribution in [0.15, 0.2) is 47.6 Å². The Hall–Kier alpha value is -3.42. The Labute approximate surface area is 130 Å². The molecule has 0 saturated heterocycles. The molecule has 8 heteroatoms. The Morgan fingerprint density at radius 2 is 1.96 bits per heavy atom. The molecule has 8 nitrogen and oxygen atoms in total. The van der Waals surface area contributed by atoms with E-state index in [9.17, 15) is 25.1 Å². The van der Waals surface area contributed by atoms with E-state index in [1.165, 1.54) is 30.3 Å². The molecule has 118 valence electrons. The largest absolute Gasteiger partial charge is 0.508 e. The molecule has 0 aliphatic heterocycles. The van der Waals surface area contributed by atoms with Gasteiger partial charge in [0.05, 0.1) is 10.6 Å². The van der Waals surface area contributed by atoms with Crippen LogP contribution < -0.4 is 5.43 Å². The van der Waals surface area contributed by atoms with Gasteiger partial charge in [-0.05, 0) is 25.1 Å². The second kappa shape index (κ2) is 6.56. The number of hydrazone groups is 1. The summed E-state index contributed by atoms with van der Waals surface area (Å²) in [6, 6.07) is 9.20. The van der Waals surface area contributed by atoms with Gasteiger partial charge in [-0.2, -0.15) is 5.10 Å². The fourth-order valence-corrected chi connectivity index (χ4v) is 1.85. The van der Waals surface area contributed by atoms with Crippen LogP contribution in [-0.2, 0) is 0 Å². The molecule has 0 spiro atoms. The first-order valence-corrected chi connectivity index (χ1v) is 6.50. The first-order valence-electron chi connectivity index (χ1n) is 6.50. The summed E-state index contributed by atoms with van der Waals surface area (Å²) in [7, 11) is 0. The average molecular weight is 315 g/mol. The Balaban J connectivity index is 2.17. The molecule has 23 heavy (non-hydrogen) atoms. The van der Waals surface area contributed by atoms with Crippen molar-refractivity contribution >= 4 is 17.3 Å². The average Bonchev–Trinajstić information content (AvgIpc) is 2.52. The number of phenols is 2. The lowest BCUT2D eigenvalue weighted by atomic mass is 10.1. The number of hydrogen-bond donors (Lipinski definition) is 3. The lowest BCUT2D eigenvalue weighted by Crippen LogP contribution is -2.19. The molecule has 0 fully saturated rings. The lowest BCUT2D eigenvalue weighted by molar-refractivity contribution is -0.384. The van der Waals surface area contributed by atoms with Gasteiger partial charge >= 0.3 is 0 Å². The fraction of sp³-hybridized carbons (Fsp3) is 0.0667. The molecule has 0 heterocycles. The van der Waals surface area contributed by atoms with Crippen LogP contribution in [0.3, 0.4) is 0 Å². The summed E-state index contributed by atoms with van der Waals surface area (Å²) in [4.78, 5) is 22.0. The first-order chi connectivity index (χ1) is 10.9. The van der Waals surface area contributed by atoms with Crippen LogP contribution in [0, 0.1) is 10.1 Å². The number of nitro benzene ring substituents is 1. The molecule has 0 unspecified atom stereocenters. The van der Waals surface area contributed by atoms with E-state index in [0.29, 0.717) is 11.3 Å². The number of phenolic OH excluding ortho intramolecular Hbond substituents is 2. The highest BCUT2D eigenvalue weighted by atomic mass is 16.6. The van der Waals surface area contributed by atoms with E-state index in [0.717, 1.165) is 12.1 Å². The van der Waals surface area contributed by atoms with E-state index in [1.807, 2.05) is 0 Å². The van der Waals surface area contributed by atoms with Crippen LogP contribution in [0.5, 0.6) is 11.5 Å². The Morgan fingerprint density at radius 1 is 1.22 bits per heavy atom. The number of rotatable bonds is 4. The summed E-state index contributed by atoms with van der Waals surface area (Å²) in [6.45, 7) is 1.56. The molecule has 0 aliphatic carbocycles. The Kier molecular flexibility index (Phi) is 4.55. The molecule has 2 rings (SSSR count). The van der Waals surface area contributed by atoms with Crippen molar-refractivity contribution in [3.63, 3.8) is 0 Å². The predicted octanol–water partition coefficient (Wildman–Crippen LogP) is 2.16. The topological polar surface area (TPSA) is 125 Å². The predicted molar refractivity (Wildman–Crippen MR) is 82.5 cm³/mol. The number of benzene rings is 2. The molecule has 0 atom stereocenters. The van der Waals surface area contributed by atoms with Gasteiger partial charge in [0, 0.05) is 29.3 Å². The highest BCUT2D eigenvalue weighted by molar-refractivity contribution is 6.02.